The molecule has 2 fully saturated rings. The first kappa shape index (κ1) is 24.7. The van der Waals surface area contributed by atoms with E-state index in [1.165, 1.54) is 16.7 Å². The highest BCUT2D eigenvalue weighted by Crippen LogP contribution is 2.40. The number of fused-ring (bicyclic) bond motifs is 1. The minimum atomic E-state index is -1.20. The van der Waals surface area contributed by atoms with Crippen LogP contribution in [0.2, 0.25) is 0 Å². The van der Waals surface area contributed by atoms with Crippen LogP contribution in [0.15, 0.2) is 71.7 Å². The van der Waals surface area contributed by atoms with Crippen molar-refractivity contribution >= 4 is 35.5 Å². The number of carboxylic acids is 2. The Balaban J connectivity index is 1.25. The average Bonchev–Trinajstić information content (AvgIpc) is 3.23. The van der Waals surface area contributed by atoms with Crippen molar-refractivity contribution in [2.45, 2.75) is 30.9 Å². The van der Waals surface area contributed by atoms with Crippen LogP contribution in [-0.2, 0) is 27.5 Å². The van der Waals surface area contributed by atoms with Crippen LogP contribution in [0.4, 0.5) is 0 Å². The molecule has 2 saturated heterocycles. The van der Waals surface area contributed by atoms with Crippen molar-refractivity contribution in [3.05, 3.63) is 88.4 Å². The van der Waals surface area contributed by atoms with E-state index in [2.05, 4.69) is 0 Å². The predicted molar refractivity (Wildman–Crippen MR) is 133 cm³/mol. The molecule has 1 aromatic carbocycles. The molecule has 2 atom stereocenters. The van der Waals surface area contributed by atoms with Gasteiger partial charge in [0, 0.05) is 42.1 Å². The maximum absolute atomic E-state index is 13.1. The molecule has 4 N–H and O–H groups in total. The molecule has 2 aromatic rings. The fourth-order valence-electron chi connectivity index (χ4n) is 4.70. The van der Waals surface area contributed by atoms with Crippen molar-refractivity contribution in [3.8, 4) is 0 Å². The van der Waals surface area contributed by atoms with Gasteiger partial charge in [-0.25, -0.2) is 14.2 Å². The second-order valence-electron chi connectivity index (χ2n) is 9.14. The van der Waals surface area contributed by atoms with Gasteiger partial charge in [0.25, 0.3) is 0 Å². The summed E-state index contributed by atoms with van der Waals surface area (Å²) in [4.78, 5) is 51.1. The van der Waals surface area contributed by atoms with E-state index >= 15 is 0 Å². The van der Waals surface area contributed by atoms with Gasteiger partial charge in [-0.1, -0.05) is 12.1 Å². The van der Waals surface area contributed by atoms with E-state index < -0.39 is 23.9 Å². The van der Waals surface area contributed by atoms with Crippen molar-refractivity contribution in [2.75, 3.05) is 12.3 Å². The van der Waals surface area contributed by atoms with Gasteiger partial charge in [0.05, 0.1) is 5.56 Å². The summed E-state index contributed by atoms with van der Waals surface area (Å²) in [7, 11) is 0. The molecule has 1 aromatic heterocycles. The quantitative estimate of drug-likeness (QED) is 0.278. The number of benzene rings is 1. The summed E-state index contributed by atoms with van der Waals surface area (Å²) in [5.41, 5.74) is 8.86. The number of nitrogens with zero attached hydrogens (tertiary/aromatic N) is 3. The number of carbonyl (C=O) groups excluding carboxylic acids is 2. The van der Waals surface area contributed by atoms with E-state index in [1.807, 2.05) is 29.1 Å². The van der Waals surface area contributed by atoms with Crippen LogP contribution < -0.4 is 10.3 Å². The molecule has 0 unspecified atom stereocenters. The van der Waals surface area contributed by atoms with Gasteiger partial charge in [-0.2, -0.15) is 0 Å². The lowest BCUT2D eigenvalue weighted by molar-refractivity contribution is -0.688. The highest BCUT2D eigenvalue weighted by molar-refractivity contribution is 8.00. The number of aromatic nitrogens is 1. The molecule has 11 heteroatoms. The van der Waals surface area contributed by atoms with Gasteiger partial charge in [-0.05, 0) is 35.8 Å². The summed E-state index contributed by atoms with van der Waals surface area (Å²) in [5, 5.41) is 18.4. The van der Waals surface area contributed by atoms with Crippen molar-refractivity contribution in [3.63, 3.8) is 0 Å². The SMILES string of the molecule is N[C@@H]1C(=O)N2C(C(=O)O)=C(/C=C3\CCN(Cc4cc[n+](Cc5ccc(C(=O)O)cc5)cc4)C3=O)CS[C@H]12. The molecule has 190 valence electrons. The van der Waals surface area contributed by atoms with E-state index in [4.69, 9.17) is 10.8 Å². The van der Waals surface area contributed by atoms with E-state index in [0.29, 0.717) is 43.0 Å². The second kappa shape index (κ2) is 9.83. The van der Waals surface area contributed by atoms with Gasteiger partial charge >= 0.3 is 11.9 Å². The van der Waals surface area contributed by atoms with Crippen LogP contribution in [0.1, 0.15) is 27.9 Å². The van der Waals surface area contributed by atoms with Gasteiger partial charge in [-0.15, -0.1) is 11.8 Å². The third-order valence-electron chi connectivity index (χ3n) is 6.70. The fraction of sp³-hybridized carbons (Fsp3) is 0.269. The second-order valence-corrected chi connectivity index (χ2v) is 10.2. The van der Waals surface area contributed by atoms with Crippen molar-refractivity contribution in [2.24, 2.45) is 5.73 Å². The number of hydrogen-bond donors (Lipinski definition) is 3. The van der Waals surface area contributed by atoms with Gasteiger partial charge < -0.3 is 20.8 Å². The molecule has 2 amide bonds. The third-order valence-corrected chi connectivity index (χ3v) is 8.03. The normalized spacial score (nSPS) is 22.4. The van der Waals surface area contributed by atoms with E-state index in [0.717, 1.165) is 11.1 Å². The average molecular weight is 522 g/mol. The molecule has 3 aliphatic heterocycles. The largest absolute Gasteiger partial charge is 0.478 e. The number of carboxylic acid groups (broad SMARTS) is 2. The Hall–Kier alpha value is -3.96. The fourth-order valence-corrected chi connectivity index (χ4v) is 5.95. The monoisotopic (exact) mass is 521 g/mol. The smallest absolute Gasteiger partial charge is 0.352 e. The van der Waals surface area contributed by atoms with Gasteiger partial charge in [0.1, 0.15) is 17.1 Å². The Morgan fingerprint density at radius 3 is 2.41 bits per heavy atom. The van der Waals surface area contributed by atoms with E-state index in [-0.39, 0.29) is 22.5 Å². The lowest BCUT2D eigenvalue weighted by Gasteiger charge is -2.47. The lowest BCUT2D eigenvalue weighted by Crippen LogP contribution is -2.68. The molecule has 37 heavy (non-hydrogen) atoms. The van der Waals surface area contributed by atoms with Crippen LogP contribution in [0, 0.1) is 0 Å². The summed E-state index contributed by atoms with van der Waals surface area (Å²) in [6.07, 6.45) is 5.94. The molecule has 0 aliphatic carbocycles. The maximum atomic E-state index is 13.1. The number of thioether (sulfide) groups is 1. The Morgan fingerprint density at radius 2 is 1.76 bits per heavy atom. The number of carbonyl (C=O) groups is 4. The zero-order valence-electron chi connectivity index (χ0n) is 19.7. The molecule has 4 heterocycles. The summed E-state index contributed by atoms with van der Waals surface area (Å²) in [6, 6.07) is 9.89. The molecule has 3 aliphatic rings. The highest BCUT2D eigenvalue weighted by atomic mass is 32.2. The maximum Gasteiger partial charge on any atom is 0.352 e. The highest BCUT2D eigenvalue weighted by Gasteiger charge is 2.51. The number of pyridine rings is 1. The number of hydrogen-bond acceptors (Lipinski definition) is 6. The Morgan fingerprint density at radius 1 is 1.05 bits per heavy atom. The first-order chi connectivity index (χ1) is 17.7. The van der Waals surface area contributed by atoms with E-state index in [1.54, 1.807) is 35.2 Å². The Bertz CT molecular complexity index is 1350. The summed E-state index contributed by atoms with van der Waals surface area (Å²) in [5.74, 6) is -2.35. The van der Waals surface area contributed by atoms with Crippen LogP contribution in [0.5, 0.6) is 0 Å². The number of allylic oxidation sites excluding steroid dienone is 1. The first-order valence-electron chi connectivity index (χ1n) is 11.7. The van der Waals surface area contributed by atoms with Crippen LogP contribution >= 0.6 is 11.8 Å². The molecular weight excluding hydrogens is 496 g/mol. The molecule has 5 rings (SSSR count). The summed E-state index contributed by atoms with van der Waals surface area (Å²) in [6.45, 7) is 1.53. The minimum Gasteiger partial charge on any atom is -0.478 e. The number of amides is 2. The zero-order chi connectivity index (χ0) is 26.3. The standard InChI is InChI=1S/C26H24N4O6S/c27-20-23(32)30-21(26(35)36)19(14-37-24(20)30)11-18-7-10-29(22(18)31)13-16-5-8-28(9-6-16)12-15-1-3-17(4-2-15)25(33)34/h1-6,8-9,11,20,24H,7,10,12-14,27H2,(H-,33,34,35,36)/p+1/b18-11+/t20-,24-/m1/s1. The number of nitrogens with two attached hydrogens (primary N) is 1. The predicted octanol–water partition coefficient (Wildman–Crippen LogP) is 0.960. The van der Waals surface area contributed by atoms with Crippen molar-refractivity contribution in [1.29, 1.82) is 0 Å². The lowest BCUT2D eigenvalue weighted by atomic mass is 10.0. The zero-order valence-corrected chi connectivity index (χ0v) is 20.6. The molecule has 0 radical (unpaired) electrons. The minimum absolute atomic E-state index is 0.0839. The molecule has 0 spiro atoms. The Kier molecular flexibility index (Phi) is 6.57. The van der Waals surface area contributed by atoms with Crippen LogP contribution in [0.25, 0.3) is 0 Å². The number of β-lactam (4-membered cyclic amide) rings is 1. The Labute approximate surface area is 216 Å². The van der Waals surface area contributed by atoms with Gasteiger partial charge in [-0.3, -0.25) is 14.5 Å². The number of rotatable bonds is 7. The van der Waals surface area contributed by atoms with Crippen LogP contribution in [-0.4, -0.2) is 67.5 Å². The topological polar surface area (TPSA) is 145 Å². The summed E-state index contributed by atoms with van der Waals surface area (Å²) < 4.78 is 1.97. The van der Waals surface area contributed by atoms with Crippen LogP contribution in [0.3, 0.4) is 0 Å². The molecule has 0 saturated carbocycles. The summed E-state index contributed by atoms with van der Waals surface area (Å²) >= 11 is 1.41. The van der Waals surface area contributed by atoms with Gasteiger partial charge in [0.2, 0.25) is 11.8 Å². The molecular formula is C26H25N4O6S+. The van der Waals surface area contributed by atoms with E-state index in [9.17, 15) is 24.3 Å². The third kappa shape index (κ3) is 4.75. The van der Waals surface area contributed by atoms with Crippen molar-refractivity contribution < 1.29 is 34.0 Å². The molecule has 10 nitrogen and oxygen atoms in total. The number of aromatic carboxylic acids is 1. The molecule has 0 bridgehead atoms. The number of aliphatic carboxylic acids is 1. The number of likely N-dealkylation sites (tertiary alicyclic amines) is 1. The van der Waals surface area contributed by atoms with Gasteiger partial charge in [0.15, 0.2) is 18.9 Å². The van der Waals surface area contributed by atoms with Crippen molar-refractivity contribution in [1.82, 2.24) is 9.80 Å². The first-order valence-corrected chi connectivity index (χ1v) is 12.7.